The highest BCUT2D eigenvalue weighted by molar-refractivity contribution is 7.89. The molecule has 2 aromatic carbocycles. The Kier molecular flexibility index (Phi) is 7.16. The zero-order chi connectivity index (χ0) is 20.9. The zero-order valence-electron chi connectivity index (χ0n) is 16.4. The number of carbonyl (C=O) groups excluding carboxylic acids is 1. The van der Waals surface area contributed by atoms with Crippen LogP contribution in [0, 0.1) is 6.92 Å². The number of carbonyl (C=O) groups is 1. The number of hydrogen-bond donors (Lipinski definition) is 1. The predicted molar refractivity (Wildman–Crippen MR) is 114 cm³/mol. The molecule has 0 bridgehead atoms. The SMILES string of the molecule is Cc1cc(Cl)ccc1OCC(=O)Nc1ccc(S(=O)(=O)N2CCCCCC2)cc1. The fourth-order valence-corrected chi connectivity index (χ4v) is 5.00. The van der Waals surface area contributed by atoms with Crippen molar-refractivity contribution in [2.24, 2.45) is 0 Å². The van der Waals surface area contributed by atoms with Gasteiger partial charge in [-0.2, -0.15) is 4.31 Å². The Bertz CT molecular complexity index is 953. The van der Waals surface area contributed by atoms with Crippen LogP contribution in [0.2, 0.25) is 5.02 Å². The van der Waals surface area contributed by atoms with Crippen LogP contribution in [0.25, 0.3) is 0 Å². The second-order valence-corrected chi connectivity index (χ2v) is 9.46. The van der Waals surface area contributed by atoms with Crippen LogP contribution in [-0.2, 0) is 14.8 Å². The summed E-state index contributed by atoms with van der Waals surface area (Å²) in [6.07, 6.45) is 3.91. The number of hydrogen-bond acceptors (Lipinski definition) is 4. The van der Waals surface area contributed by atoms with E-state index in [9.17, 15) is 13.2 Å². The first-order valence-corrected chi connectivity index (χ1v) is 11.5. The normalized spacial score (nSPS) is 15.5. The third-order valence-corrected chi connectivity index (χ3v) is 6.98. The molecule has 0 atom stereocenters. The molecule has 1 N–H and O–H groups in total. The average molecular weight is 437 g/mol. The zero-order valence-corrected chi connectivity index (χ0v) is 17.9. The minimum atomic E-state index is -3.50. The van der Waals surface area contributed by atoms with E-state index in [1.807, 2.05) is 6.92 Å². The van der Waals surface area contributed by atoms with Gasteiger partial charge >= 0.3 is 0 Å². The second kappa shape index (κ2) is 9.61. The topological polar surface area (TPSA) is 75.7 Å². The monoisotopic (exact) mass is 436 g/mol. The molecule has 1 aliphatic heterocycles. The Morgan fingerprint density at radius 1 is 1.07 bits per heavy atom. The molecule has 3 rings (SSSR count). The van der Waals surface area contributed by atoms with Crippen molar-refractivity contribution in [3.05, 3.63) is 53.1 Å². The van der Waals surface area contributed by atoms with E-state index in [1.165, 1.54) is 12.1 Å². The molecule has 29 heavy (non-hydrogen) atoms. The standard InChI is InChI=1S/C21H25ClN2O4S/c1-16-14-17(22)6-11-20(16)28-15-21(25)23-18-7-9-19(10-8-18)29(26,27)24-12-4-2-3-5-13-24/h6-11,14H,2-5,12-13,15H2,1H3,(H,23,25). The molecule has 2 aromatic rings. The van der Waals surface area contributed by atoms with E-state index in [0.29, 0.717) is 29.5 Å². The third-order valence-electron chi connectivity index (χ3n) is 4.84. The first kappa shape index (κ1) is 21.6. The molecule has 0 aliphatic carbocycles. The highest BCUT2D eigenvalue weighted by Crippen LogP contribution is 2.23. The molecule has 1 amide bonds. The molecule has 0 radical (unpaired) electrons. The molecule has 1 aliphatic rings. The van der Waals surface area contributed by atoms with Gasteiger partial charge in [0.15, 0.2) is 6.61 Å². The van der Waals surface area contributed by atoms with Crippen molar-refractivity contribution in [3.63, 3.8) is 0 Å². The van der Waals surface area contributed by atoms with Gasteiger partial charge in [0, 0.05) is 23.8 Å². The van der Waals surface area contributed by atoms with Crippen molar-refractivity contribution in [1.29, 1.82) is 0 Å². The van der Waals surface area contributed by atoms with E-state index in [1.54, 1.807) is 34.6 Å². The molecule has 1 heterocycles. The fraction of sp³-hybridized carbons (Fsp3) is 0.381. The quantitative estimate of drug-likeness (QED) is 0.735. The van der Waals surface area contributed by atoms with Gasteiger partial charge in [-0.3, -0.25) is 4.79 Å². The minimum absolute atomic E-state index is 0.156. The smallest absolute Gasteiger partial charge is 0.262 e. The van der Waals surface area contributed by atoms with Crippen LogP contribution in [0.15, 0.2) is 47.4 Å². The largest absolute Gasteiger partial charge is 0.483 e. The number of ether oxygens (including phenoxy) is 1. The molecule has 0 aromatic heterocycles. The molecule has 6 nitrogen and oxygen atoms in total. The number of aryl methyl sites for hydroxylation is 1. The van der Waals surface area contributed by atoms with E-state index < -0.39 is 10.0 Å². The number of anilines is 1. The number of benzene rings is 2. The first-order chi connectivity index (χ1) is 13.9. The Balaban J connectivity index is 1.58. The lowest BCUT2D eigenvalue weighted by Gasteiger charge is -2.20. The summed E-state index contributed by atoms with van der Waals surface area (Å²) in [5.74, 6) is 0.255. The fourth-order valence-electron chi connectivity index (χ4n) is 3.26. The van der Waals surface area contributed by atoms with E-state index in [-0.39, 0.29) is 17.4 Å². The van der Waals surface area contributed by atoms with Crippen LogP contribution in [-0.4, -0.2) is 38.3 Å². The Morgan fingerprint density at radius 3 is 2.34 bits per heavy atom. The molecular weight excluding hydrogens is 412 g/mol. The van der Waals surface area contributed by atoms with Crippen molar-refractivity contribution in [2.45, 2.75) is 37.5 Å². The number of amides is 1. The number of nitrogens with zero attached hydrogens (tertiary/aromatic N) is 1. The maximum atomic E-state index is 12.8. The van der Waals surface area contributed by atoms with Crippen molar-refractivity contribution in [2.75, 3.05) is 25.0 Å². The Morgan fingerprint density at radius 2 is 1.72 bits per heavy atom. The van der Waals surface area contributed by atoms with Gasteiger partial charge in [0.2, 0.25) is 10.0 Å². The summed E-state index contributed by atoms with van der Waals surface area (Å²) in [5.41, 5.74) is 1.36. The molecule has 0 unspecified atom stereocenters. The lowest BCUT2D eigenvalue weighted by atomic mass is 10.2. The van der Waals surface area contributed by atoms with E-state index in [0.717, 1.165) is 31.2 Å². The lowest BCUT2D eigenvalue weighted by molar-refractivity contribution is -0.118. The highest BCUT2D eigenvalue weighted by atomic mass is 35.5. The first-order valence-electron chi connectivity index (χ1n) is 9.65. The summed E-state index contributed by atoms with van der Waals surface area (Å²) in [5, 5.41) is 3.32. The van der Waals surface area contributed by atoms with Crippen LogP contribution < -0.4 is 10.1 Å². The number of nitrogens with one attached hydrogen (secondary N) is 1. The maximum Gasteiger partial charge on any atom is 0.262 e. The predicted octanol–water partition coefficient (Wildman–Crippen LogP) is 4.23. The Hall–Kier alpha value is -2.09. The van der Waals surface area contributed by atoms with Gasteiger partial charge in [-0.05, 0) is 67.8 Å². The van der Waals surface area contributed by atoms with Crippen molar-refractivity contribution < 1.29 is 17.9 Å². The van der Waals surface area contributed by atoms with E-state index in [2.05, 4.69) is 5.32 Å². The van der Waals surface area contributed by atoms with Gasteiger partial charge < -0.3 is 10.1 Å². The third kappa shape index (κ3) is 5.72. The van der Waals surface area contributed by atoms with Crippen LogP contribution in [0.1, 0.15) is 31.2 Å². The maximum absolute atomic E-state index is 12.8. The van der Waals surface area contributed by atoms with Gasteiger partial charge in [0.1, 0.15) is 5.75 Å². The minimum Gasteiger partial charge on any atom is -0.483 e. The van der Waals surface area contributed by atoms with Crippen LogP contribution in [0.5, 0.6) is 5.75 Å². The van der Waals surface area contributed by atoms with Gasteiger partial charge in [-0.15, -0.1) is 0 Å². The summed E-state index contributed by atoms with van der Waals surface area (Å²) >= 11 is 5.91. The lowest BCUT2D eigenvalue weighted by Crippen LogP contribution is -2.31. The van der Waals surface area contributed by atoms with Crippen molar-refractivity contribution in [1.82, 2.24) is 4.31 Å². The number of halogens is 1. The summed E-state index contributed by atoms with van der Waals surface area (Å²) in [4.78, 5) is 12.4. The number of rotatable bonds is 6. The van der Waals surface area contributed by atoms with E-state index >= 15 is 0 Å². The van der Waals surface area contributed by atoms with Gasteiger partial charge in [0.05, 0.1) is 4.90 Å². The summed E-state index contributed by atoms with van der Waals surface area (Å²) in [6.45, 7) is 2.81. The van der Waals surface area contributed by atoms with E-state index in [4.69, 9.17) is 16.3 Å². The molecule has 1 saturated heterocycles. The molecule has 0 saturated carbocycles. The van der Waals surface area contributed by atoms with Crippen LogP contribution in [0.4, 0.5) is 5.69 Å². The molecule has 0 spiro atoms. The summed E-state index contributed by atoms with van der Waals surface area (Å²) in [6, 6.07) is 11.4. The summed E-state index contributed by atoms with van der Waals surface area (Å²) < 4.78 is 32.7. The van der Waals surface area contributed by atoms with Crippen LogP contribution >= 0.6 is 11.6 Å². The summed E-state index contributed by atoms with van der Waals surface area (Å²) in [7, 11) is -3.50. The highest BCUT2D eigenvalue weighted by Gasteiger charge is 2.25. The molecule has 1 fully saturated rings. The van der Waals surface area contributed by atoms with Crippen molar-refractivity contribution >= 4 is 33.2 Å². The average Bonchev–Trinajstić information content (AvgIpc) is 2.98. The molecule has 156 valence electrons. The van der Waals surface area contributed by atoms with Gasteiger partial charge in [-0.25, -0.2) is 8.42 Å². The van der Waals surface area contributed by atoms with Crippen LogP contribution in [0.3, 0.4) is 0 Å². The molecular formula is C21H25ClN2O4S. The Labute approximate surface area is 176 Å². The van der Waals surface area contributed by atoms with Crippen molar-refractivity contribution in [3.8, 4) is 5.75 Å². The molecule has 8 heteroatoms. The second-order valence-electron chi connectivity index (χ2n) is 7.09. The number of sulfonamides is 1. The van der Waals surface area contributed by atoms with Gasteiger partial charge in [0.25, 0.3) is 5.91 Å². The van der Waals surface area contributed by atoms with Gasteiger partial charge in [-0.1, -0.05) is 24.4 Å².